The summed E-state index contributed by atoms with van der Waals surface area (Å²) < 4.78 is 0. The molecule has 2 nitrogen and oxygen atoms in total. The van der Waals surface area contributed by atoms with Gasteiger partial charge in [-0.1, -0.05) is 41.9 Å². The summed E-state index contributed by atoms with van der Waals surface area (Å²) in [6.07, 6.45) is 0. The zero-order chi connectivity index (χ0) is 14.3. The predicted octanol–water partition coefficient (Wildman–Crippen LogP) is 4.75. The summed E-state index contributed by atoms with van der Waals surface area (Å²) in [6.45, 7) is 3.98. The van der Waals surface area contributed by atoms with Crippen molar-refractivity contribution in [1.82, 2.24) is 4.98 Å². The van der Waals surface area contributed by atoms with E-state index < -0.39 is 0 Å². The number of aryl methyl sites for hydroxylation is 1. The van der Waals surface area contributed by atoms with Gasteiger partial charge < -0.3 is 5.73 Å². The highest BCUT2D eigenvalue weighted by Crippen LogP contribution is 2.34. The van der Waals surface area contributed by atoms with Crippen LogP contribution in [0.1, 0.15) is 11.1 Å². The van der Waals surface area contributed by atoms with E-state index in [0.29, 0.717) is 5.02 Å². The Morgan fingerprint density at radius 1 is 0.950 bits per heavy atom. The summed E-state index contributed by atoms with van der Waals surface area (Å²) in [4.78, 5) is 4.80. The van der Waals surface area contributed by atoms with Gasteiger partial charge >= 0.3 is 0 Å². The van der Waals surface area contributed by atoms with Crippen molar-refractivity contribution in [3.8, 4) is 11.3 Å². The largest absolute Gasteiger partial charge is 0.398 e. The van der Waals surface area contributed by atoms with Gasteiger partial charge in [-0.3, -0.25) is 0 Å². The molecule has 100 valence electrons. The van der Waals surface area contributed by atoms with E-state index in [4.69, 9.17) is 22.3 Å². The number of halogens is 1. The van der Waals surface area contributed by atoms with Gasteiger partial charge in [-0.2, -0.15) is 0 Å². The van der Waals surface area contributed by atoms with Gasteiger partial charge in [-0.15, -0.1) is 0 Å². The number of anilines is 1. The van der Waals surface area contributed by atoms with Gasteiger partial charge in [0, 0.05) is 21.7 Å². The second kappa shape index (κ2) is 4.80. The van der Waals surface area contributed by atoms with Crippen molar-refractivity contribution in [3.63, 3.8) is 0 Å². The fourth-order valence-electron chi connectivity index (χ4n) is 2.44. The van der Waals surface area contributed by atoms with E-state index in [2.05, 4.69) is 0 Å². The number of benzene rings is 2. The SMILES string of the molecule is Cc1c(-c2ccccc2)nc2c(C)c(Cl)ccc2c1N. The van der Waals surface area contributed by atoms with Gasteiger partial charge in [0.25, 0.3) is 0 Å². The molecule has 20 heavy (non-hydrogen) atoms. The quantitative estimate of drug-likeness (QED) is 0.699. The maximum absolute atomic E-state index is 6.29. The first-order valence-corrected chi connectivity index (χ1v) is 6.87. The number of nitrogens with zero attached hydrogens (tertiary/aromatic N) is 1. The highest BCUT2D eigenvalue weighted by molar-refractivity contribution is 6.32. The molecule has 0 bridgehead atoms. The average molecular weight is 283 g/mol. The Kier molecular flexibility index (Phi) is 3.11. The monoisotopic (exact) mass is 282 g/mol. The zero-order valence-corrected chi connectivity index (χ0v) is 12.2. The molecule has 0 saturated carbocycles. The molecule has 3 aromatic rings. The van der Waals surface area contributed by atoms with Gasteiger partial charge in [0.2, 0.25) is 0 Å². The van der Waals surface area contributed by atoms with Gasteiger partial charge in [0.15, 0.2) is 0 Å². The lowest BCUT2D eigenvalue weighted by atomic mass is 10.0. The third-order valence-corrected chi connectivity index (χ3v) is 4.09. The molecule has 3 heteroatoms. The first-order valence-electron chi connectivity index (χ1n) is 6.50. The van der Waals surface area contributed by atoms with E-state index in [1.54, 1.807) is 0 Å². The number of pyridine rings is 1. The number of nitrogens with two attached hydrogens (primary N) is 1. The van der Waals surface area contributed by atoms with Crippen molar-refractivity contribution in [2.24, 2.45) is 0 Å². The van der Waals surface area contributed by atoms with Crippen molar-refractivity contribution in [3.05, 3.63) is 58.6 Å². The van der Waals surface area contributed by atoms with Gasteiger partial charge in [-0.25, -0.2) is 4.98 Å². The molecule has 1 aromatic heterocycles. The summed E-state index contributed by atoms with van der Waals surface area (Å²) in [5, 5.41) is 1.68. The molecular weight excluding hydrogens is 268 g/mol. The van der Waals surface area contributed by atoms with Crippen LogP contribution in [0.3, 0.4) is 0 Å². The maximum Gasteiger partial charge on any atom is 0.0774 e. The highest BCUT2D eigenvalue weighted by Gasteiger charge is 2.13. The van der Waals surface area contributed by atoms with Crippen molar-refractivity contribution in [2.75, 3.05) is 5.73 Å². The Hall–Kier alpha value is -2.06. The molecule has 0 amide bonds. The molecule has 0 spiro atoms. The predicted molar refractivity (Wildman–Crippen MR) is 86.1 cm³/mol. The van der Waals surface area contributed by atoms with E-state index in [1.165, 1.54) is 0 Å². The fraction of sp³-hybridized carbons (Fsp3) is 0.118. The Morgan fingerprint density at radius 2 is 1.65 bits per heavy atom. The van der Waals surface area contributed by atoms with Crippen molar-refractivity contribution in [1.29, 1.82) is 0 Å². The summed E-state index contributed by atoms with van der Waals surface area (Å²) in [5.41, 5.74) is 11.9. The van der Waals surface area contributed by atoms with Gasteiger partial charge in [0.1, 0.15) is 0 Å². The van der Waals surface area contributed by atoms with Crippen molar-refractivity contribution >= 4 is 28.2 Å². The summed E-state index contributed by atoms with van der Waals surface area (Å²) in [6, 6.07) is 13.9. The van der Waals surface area contributed by atoms with Crippen LogP contribution >= 0.6 is 11.6 Å². The molecule has 2 N–H and O–H groups in total. The van der Waals surface area contributed by atoms with E-state index in [0.717, 1.165) is 39.0 Å². The van der Waals surface area contributed by atoms with Crippen LogP contribution in [-0.4, -0.2) is 4.98 Å². The number of rotatable bonds is 1. The molecule has 0 atom stereocenters. The van der Waals surface area contributed by atoms with Crippen LogP contribution in [0.4, 0.5) is 5.69 Å². The van der Waals surface area contributed by atoms with Crippen molar-refractivity contribution in [2.45, 2.75) is 13.8 Å². The number of fused-ring (bicyclic) bond motifs is 1. The number of hydrogen-bond donors (Lipinski definition) is 1. The van der Waals surface area contributed by atoms with Gasteiger partial charge in [0.05, 0.1) is 11.2 Å². The standard InChI is InChI=1S/C17H15ClN2/c1-10-14(18)9-8-13-15(19)11(2)16(20-17(10)13)12-6-4-3-5-7-12/h3-9H,1-2H3,(H2,19,20). The molecule has 0 aliphatic carbocycles. The Morgan fingerprint density at radius 3 is 2.35 bits per heavy atom. The van der Waals surface area contributed by atoms with Crippen molar-refractivity contribution < 1.29 is 0 Å². The molecule has 1 heterocycles. The first kappa shape index (κ1) is 12.9. The average Bonchev–Trinajstić information content (AvgIpc) is 2.47. The van der Waals surface area contributed by atoms with Crippen LogP contribution < -0.4 is 5.73 Å². The molecule has 0 aliphatic rings. The van der Waals surface area contributed by atoms with Gasteiger partial charge in [-0.05, 0) is 37.1 Å². The Balaban J connectivity index is 2.40. The molecule has 0 aliphatic heterocycles. The zero-order valence-electron chi connectivity index (χ0n) is 11.4. The third kappa shape index (κ3) is 1.93. The summed E-state index contributed by atoms with van der Waals surface area (Å²) in [7, 11) is 0. The van der Waals surface area contributed by atoms with E-state index in [1.807, 2.05) is 56.3 Å². The molecule has 0 radical (unpaired) electrons. The second-order valence-corrected chi connectivity index (χ2v) is 5.34. The van der Waals surface area contributed by atoms with Crippen LogP contribution in [0.15, 0.2) is 42.5 Å². The number of nitrogen functional groups attached to an aromatic ring is 1. The smallest absolute Gasteiger partial charge is 0.0774 e. The minimum atomic E-state index is 0.715. The minimum absolute atomic E-state index is 0.715. The molecule has 2 aromatic carbocycles. The highest BCUT2D eigenvalue weighted by atomic mass is 35.5. The lowest BCUT2D eigenvalue weighted by Gasteiger charge is -2.13. The topological polar surface area (TPSA) is 38.9 Å². The first-order chi connectivity index (χ1) is 9.59. The van der Waals surface area contributed by atoms with Crippen LogP contribution in [0.2, 0.25) is 5.02 Å². The molecule has 0 unspecified atom stereocenters. The van der Waals surface area contributed by atoms with Crippen LogP contribution in [0.5, 0.6) is 0 Å². The number of aromatic nitrogens is 1. The van der Waals surface area contributed by atoms with Crippen LogP contribution in [-0.2, 0) is 0 Å². The molecule has 0 saturated heterocycles. The molecular formula is C17H15ClN2. The third-order valence-electron chi connectivity index (χ3n) is 3.69. The van der Waals surface area contributed by atoms with Crippen LogP contribution in [0, 0.1) is 13.8 Å². The Labute approximate surface area is 123 Å². The van der Waals surface area contributed by atoms with Crippen LogP contribution in [0.25, 0.3) is 22.2 Å². The maximum atomic E-state index is 6.29. The second-order valence-electron chi connectivity index (χ2n) is 4.93. The van der Waals surface area contributed by atoms with E-state index in [9.17, 15) is 0 Å². The van der Waals surface area contributed by atoms with E-state index in [-0.39, 0.29) is 0 Å². The normalized spacial score (nSPS) is 10.9. The Bertz CT molecular complexity index is 795. The van der Waals surface area contributed by atoms with E-state index >= 15 is 0 Å². The molecule has 0 fully saturated rings. The number of hydrogen-bond acceptors (Lipinski definition) is 2. The molecule has 3 rings (SSSR count). The summed E-state index contributed by atoms with van der Waals surface area (Å²) in [5.74, 6) is 0. The fourth-order valence-corrected chi connectivity index (χ4v) is 2.59. The lowest BCUT2D eigenvalue weighted by molar-refractivity contribution is 1.31. The lowest BCUT2D eigenvalue weighted by Crippen LogP contribution is -1.99. The minimum Gasteiger partial charge on any atom is -0.398 e. The summed E-state index contributed by atoms with van der Waals surface area (Å²) >= 11 is 6.20.